The van der Waals surface area contributed by atoms with E-state index in [1.54, 1.807) is 18.4 Å². The van der Waals surface area contributed by atoms with Crippen LogP contribution in [0.15, 0.2) is 10.5 Å². The van der Waals surface area contributed by atoms with Gasteiger partial charge in [0.15, 0.2) is 5.13 Å². The number of nitrogens with one attached hydrogen (secondary N) is 1. The molecule has 0 unspecified atom stereocenters. The summed E-state index contributed by atoms with van der Waals surface area (Å²) in [7, 11) is 3.53. The van der Waals surface area contributed by atoms with Crippen molar-refractivity contribution < 1.29 is 4.74 Å². The van der Waals surface area contributed by atoms with E-state index in [1.807, 2.05) is 13.1 Å². The molecule has 100 valence electrons. The first-order valence-electron chi connectivity index (χ1n) is 5.90. The highest BCUT2D eigenvalue weighted by Gasteiger charge is 2.13. The van der Waals surface area contributed by atoms with Crippen LogP contribution in [0.5, 0.6) is 5.75 Å². The highest BCUT2D eigenvalue weighted by atomic mass is 79.9. The van der Waals surface area contributed by atoms with E-state index in [4.69, 9.17) is 4.74 Å². The Kier molecular flexibility index (Phi) is 5.88. The van der Waals surface area contributed by atoms with Gasteiger partial charge in [-0.3, -0.25) is 0 Å². The summed E-state index contributed by atoms with van der Waals surface area (Å²) in [5, 5.41) is 3.96. The number of ether oxygens (including phenoxy) is 1. The second-order valence-corrected chi connectivity index (χ2v) is 5.69. The van der Waals surface area contributed by atoms with Gasteiger partial charge in [0.1, 0.15) is 11.3 Å². The minimum atomic E-state index is 0.806. The number of aryl methyl sites for hydroxylation is 1. The number of hydrogen-bond donors (Lipinski definition) is 1. The summed E-state index contributed by atoms with van der Waals surface area (Å²) in [4.78, 5) is 4.47. The van der Waals surface area contributed by atoms with E-state index in [0.717, 1.165) is 25.6 Å². The van der Waals surface area contributed by atoms with Crippen LogP contribution in [-0.4, -0.2) is 19.1 Å². The normalized spacial score (nSPS) is 9.89. The zero-order valence-corrected chi connectivity index (χ0v) is 13.8. The van der Waals surface area contributed by atoms with Crippen molar-refractivity contribution in [2.24, 2.45) is 0 Å². The summed E-state index contributed by atoms with van der Waals surface area (Å²) >= 11 is 5.15. The number of halogens is 1. The van der Waals surface area contributed by atoms with E-state index < -0.39 is 0 Å². The first kappa shape index (κ1) is 15.2. The lowest BCUT2D eigenvalue weighted by molar-refractivity contribution is 0.418. The molecule has 5 heteroatoms. The molecule has 0 bridgehead atoms. The van der Waals surface area contributed by atoms with E-state index in [9.17, 15) is 0 Å². The number of methoxy groups -OCH3 is 1. The van der Waals surface area contributed by atoms with Crippen LogP contribution in [0, 0.1) is 6.92 Å². The van der Waals surface area contributed by atoms with Crippen LogP contribution in [-0.2, 0) is 0 Å². The Morgan fingerprint density at radius 2 is 2.06 bits per heavy atom. The van der Waals surface area contributed by atoms with Gasteiger partial charge in [-0.25, -0.2) is 4.98 Å². The van der Waals surface area contributed by atoms with Gasteiger partial charge in [0.05, 0.1) is 11.8 Å². The van der Waals surface area contributed by atoms with Crippen molar-refractivity contribution in [3.8, 4) is 5.75 Å². The highest BCUT2D eigenvalue weighted by molar-refractivity contribution is 9.10. The molecule has 0 amide bonds. The number of anilines is 1. The molecule has 0 aliphatic carbocycles. The molecule has 18 heavy (non-hydrogen) atoms. The van der Waals surface area contributed by atoms with Crippen molar-refractivity contribution in [1.29, 1.82) is 0 Å². The maximum atomic E-state index is 5.31. The van der Waals surface area contributed by atoms with Gasteiger partial charge in [-0.2, -0.15) is 0 Å². The molecule has 0 spiro atoms. The fraction of sp³-hybridized carbons (Fsp3) is 0.462. The van der Waals surface area contributed by atoms with Crippen molar-refractivity contribution in [2.45, 2.75) is 27.2 Å². The van der Waals surface area contributed by atoms with Gasteiger partial charge in [0.2, 0.25) is 0 Å². The molecule has 2 rings (SSSR count). The van der Waals surface area contributed by atoms with Gasteiger partial charge in [0, 0.05) is 11.5 Å². The summed E-state index contributed by atoms with van der Waals surface area (Å²) in [6.45, 7) is 6.32. The van der Waals surface area contributed by atoms with Crippen LogP contribution in [0.3, 0.4) is 0 Å². The Labute approximate surface area is 121 Å². The molecule has 3 nitrogen and oxygen atoms in total. The summed E-state index contributed by atoms with van der Waals surface area (Å²) in [6, 6.07) is 1.96. The Bertz CT molecular complexity index is 525. The molecule has 0 saturated heterocycles. The standard InChI is InChI=1S/C10H11BrN2OS.C3H8/c1-5-6(11)4-7(14-3)8-9(5)15-10(12-2)13-8;1-3-2/h4H,1-3H3,(H,12,13);3H2,1-2H3. The molecule has 0 radical (unpaired) electrons. The summed E-state index contributed by atoms with van der Waals surface area (Å²) in [5.41, 5.74) is 2.12. The number of hydrogen-bond acceptors (Lipinski definition) is 4. The maximum Gasteiger partial charge on any atom is 0.183 e. The zero-order chi connectivity index (χ0) is 13.7. The smallest absolute Gasteiger partial charge is 0.183 e. The fourth-order valence-electron chi connectivity index (χ4n) is 1.40. The van der Waals surface area contributed by atoms with Gasteiger partial charge < -0.3 is 10.1 Å². The molecule has 1 aromatic carbocycles. The van der Waals surface area contributed by atoms with E-state index in [0.29, 0.717) is 0 Å². The first-order chi connectivity index (χ1) is 8.58. The second kappa shape index (κ2) is 6.95. The quantitative estimate of drug-likeness (QED) is 0.855. The van der Waals surface area contributed by atoms with E-state index >= 15 is 0 Å². The maximum absolute atomic E-state index is 5.31. The predicted molar refractivity (Wildman–Crippen MR) is 84.1 cm³/mol. The van der Waals surface area contributed by atoms with Crippen LogP contribution in [0.25, 0.3) is 10.2 Å². The largest absolute Gasteiger partial charge is 0.494 e. The van der Waals surface area contributed by atoms with Crippen LogP contribution in [0.1, 0.15) is 25.8 Å². The molecule has 0 atom stereocenters. The second-order valence-electron chi connectivity index (χ2n) is 3.84. The number of nitrogens with zero attached hydrogens (tertiary/aromatic N) is 1. The third kappa shape index (κ3) is 3.14. The number of aromatic nitrogens is 1. The third-order valence-electron chi connectivity index (χ3n) is 2.25. The predicted octanol–water partition coefficient (Wildman–Crippen LogP) is 4.83. The van der Waals surface area contributed by atoms with Crippen molar-refractivity contribution in [3.05, 3.63) is 16.1 Å². The lowest BCUT2D eigenvalue weighted by Gasteiger charge is -2.04. The van der Waals surface area contributed by atoms with E-state index in [2.05, 4.69) is 47.0 Å². The van der Waals surface area contributed by atoms with Crippen molar-refractivity contribution in [2.75, 3.05) is 19.5 Å². The number of benzene rings is 1. The number of rotatable bonds is 2. The Morgan fingerprint density at radius 3 is 2.56 bits per heavy atom. The topological polar surface area (TPSA) is 34.2 Å². The lowest BCUT2D eigenvalue weighted by atomic mass is 10.2. The molecular weight excluding hydrogens is 312 g/mol. The number of thiazole rings is 1. The first-order valence-corrected chi connectivity index (χ1v) is 7.51. The molecule has 0 fully saturated rings. The minimum absolute atomic E-state index is 0.806. The van der Waals surface area contributed by atoms with E-state index in [1.165, 1.54) is 12.0 Å². The van der Waals surface area contributed by atoms with Crippen molar-refractivity contribution in [3.63, 3.8) is 0 Å². The lowest BCUT2D eigenvalue weighted by Crippen LogP contribution is -1.88. The Hall–Kier alpha value is -0.810. The van der Waals surface area contributed by atoms with Crippen molar-refractivity contribution in [1.82, 2.24) is 4.98 Å². The third-order valence-corrected chi connectivity index (χ3v) is 4.27. The van der Waals surface area contributed by atoms with Crippen molar-refractivity contribution >= 4 is 42.6 Å². The molecular formula is C13H19BrN2OS. The molecule has 1 aromatic heterocycles. The summed E-state index contributed by atoms with van der Waals surface area (Å²) in [6.07, 6.45) is 1.25. The Balaban J connectivity index is 0.000000492. The summed E-state index contributed by atoms with van der Waals surface area (Å²) < 4.78 is 7.52. The molecule has 2 aromatic rings. The summed E-state index contributed by atoms with van der Waals surface area (Å²) in [5.74, 6) is 0.806. The van der Waals surface area contributed by atoms with Gasteiger partial charge in [-0.15, -0.1) is 0 Å². The molecule has 0 aliphatic rings. The van der Waals surface area contributed by atoms with Gasteiger partial charge >= 0.3 is 0 Å². The van der Waals surface area contributed by atoms with Crippen LogP contribution in [0.4, 0.5) is 5.13 Å². The highest BCUT2D eigenvalue weighted by Crippen LogP contribution is 2.38. The SMILES string of the molecule is CCC.CNc1nc2c(OC)cc(Br)c(C)c2s1. The van der Waals surface area contributed by atoms with Crippen LogP contribution >= 0.6 is 27.3 Å². The van der Waals surface area contributed by atoms with Gasteiger partial charge in [0.25, 0.3) is 0 Å². The van der Waals surface area contributed by atoms with Gasteiger partial charge in [-0.05, 0) is 18.6 Å². The molecule has 1 heterocycles. The monoisotopic (exact) mass is 330 g/mol. The zero-order valence-electron chi connectivity index (χ0n) is 11.4. The van der Waals surface area contributed by atoms with Crippen LogP contribution in [0.2, 0.25) is 0 Å². The van der Waals surface area contributed by atoms with Crippen LogP contribution < -0.4 is 10.1 Å². The molecule has 0 saturated carbocycles. The fourth-order valence-corrected chi connectivity index (χ4v) is 2.88. The molecule has 0 aliphatic heterocycles. The average molecular weight is 331 g/mol. The number of fused-ring (bicyclic) bond motifs is 1. The molecule has 1 N–H and O–H groups in total. The Morgan fingerprint density at radius 1 is 1.44 bits per heavy atom. The van der Waals surface area contributed by atoms with E-state index in [-0.39, 0.29) is 0 Å². The average Bonchev–Trinajstić information content (AvgIpc) is 2.79. The van der Waals surface area contributed by atoms with Gasteiger partial charge in [-0.1, -0.05) is 47.5 Å². The minimum Gasteiger partial charge on any atom is -0.494 e.